The van der Waals surface area contributed by atoms with Gasteiger partial charge in [0.25, 0.3) is 0 Å². The second kappa shape index (κ2) is 8.25. The Hall–Kier alpha value is -3.00. The zero-order valence-corrected chi connectivity index (χ0v) is 21.2. The van der Waals surface area contributed by atoms with Gasteiger partial charge in [0.2, 0.25) is 12.2 Å². The molecular weight excluding hydrogens is 468 g/mol. The molecule has 0 bridgehead atoms. The van der Waals surface area contributed by atoms with Gasteiger partial charge >= 0.3 is 0 Å². The number of benzene rings is 2. The quantitative estimate of drug-likeness (QED) is 0.633. The van der Waals surface area contributed by atoms with E-state index in [1.54, 1.807) is 0 Å². The van der Waals surface area contributed by atoms with Gasteiger partial charge in [-0.1, -0.05) is 54.4 Å². The van der Waals surface area contributed by atoms with Crippen LogP contribution in [-0.2, 0) is 24.4 Å². The number of aryl methyl sites for hydroxylation is 1. The molecule has 1 N–H and O–H groups in total. The molecule has 4 aliphatic heterocycles. The standard InChI is InChI=1S/C30H32N2O5/c1-18-10-12-19(13-11-18)25(33)21-17-32(2)26(30(21)20-8-4-5-9-22(20)31-28(30)34)23-16-24-27(35-23)37-29(36-24)14-6-3-7-15-29/h4-5,8-13,16,21,24,26-27H,3,6-7,14-15,17H2,1-2H3,(H,31,34). The highest BCUT2D eigenvalue weighted by atomic mass is 16.8. The van der Waals surface area contributed by atoms with Crippen molar-refractivity contribution >= 4 is 17.4 Å². The van der Waals surface area contributed by atoms with Gasteiger partial charge < -0.3 is 19.5 Å². The third-order valence-corrected chi connectivity index (χ3v) is 8.96. The predicted octanol–water partition coefficient (Wildman–Crippen LogP) is 4.31. The minimum absolute atomic E-state index is 0.0337. The summed E-state index contributed by atoms with van der Waals surface area (Å²) in [6.45, 7) is 2.43. The number of carbonyl (C=O) groups excluding carboxylic acids is 2. The molecule has 3 fully saturated rings. The highest BCUT2D eigenvalue weighted by molar-refractivity contribution is 6.13. The molecule has 0 radical (unpaired) electrons. The molecule has 5 atom stereocenters. The molecular formula is C30H32N2O5. The molecule has 1 saturated carbocycles. The fourth-order valence-electron chi connectivity index (χ4n) is 7.28. The average molecular weight is 501 g/mol. The fraction of sp³-hybridized carbons (Fsp3) is 0.467. The Morgan fingerprint density at radius 1 is 1.03 bits per heavy atom. The van der Waals surface area contributed by atoms with Crippen LogP contribution in [0.25, 0.3) is 0 Å². The highest BCUT2D eigenvalue weighted by Gasteiger charge is 2.67. The molecule has 2 spiro atoms. The van der Waals surface area contributed by atoms with E-state index < -0.39 is 29.5 Å². The SMILES string of the molecule is Cc1ccc(C(=O)C2CN(C)C(C3=CC4OC5(CCCCC5)OC4O3)C23C(=O)Nc2ccccc23)cc1. The van der Waals surface area contributed by atoms with E-state index in [2.05, 4.69) is 10.2 Å². The summed E-state index contributed by atoms with van der Waals surface area (Å²) in [6, 6.07) is 14.9. The number of para-hydroxylation sites is 1. The largest absolute Gasteiger partial charge is 0.464 e. The Bertz CT molecular complexity index is 1300. The second-order valence-electron chi connectivity index (χ2n) is 11.2. The maximum Gasteiger partial charge on any atom is 0.238 e. The molecule has 2 saturated heterocycles. The van der Waals surface area contributed by atoms with Crippen LogP contribution in [-0.4, -0.2) is 54.4 Å². The summed E-state index contributed by atoms with van der Waals surface area (Å²) < 4.78 is 19.2. The minimum atomic E-state index is -1.12. The van der Waals surface area contributed by atoms with Crippen LogP contribution in [0.3, 0.4) is 0 Å². The molecule has 5 aliphatic rings. The number of nitrogens with one attached hydrogen (secondary N) is 1. The third kappa shape index (κ3) is 3.30. The van der Waals surface area contributed by atoms with Gasteiger partial charge in [0.05, 0.1) is 12.0 Å². The van der Waals surface area contributed by atoms with Crippen LogP contribution in [0.2, 0.25) is 0 Å². The predicted molar refractivity (Wildman–Crippen MR) is 137 cm³/mol. The van der Waals surface area contributed by atoms with E-state index in [9.17, 15) is 9.59 Å². The van der Waals surface area contributed by atoms with Gasteiger partial charge in [-0.15, -0.1) is 0 Å². The molecule has 7 heteroatoms. The normalized spacial score (nSPS) is 33.8. The van der Waals surface area contributed by atoms with E-state index >= 15 is 0 Å². The number of likely N-dealkylation sites (tertiary alicyclic amines) is 1. The Balaban J connectivity index is 1.30. The summed E-state index contributed by atoms with van der Waals surface area (Å²) in [5, 5.41) is 3.08. The highest BCUT2D eigenvalue weighted by Crippen LogP contribution is 2.55. The van der Waals surface area contributed by atoms with E-state index in [1.165, 1.54) is 6.42 Å². The van der Waals surface area contributed by atoms with Crippen molar-refractivity contribution in [2.75, 3.05) is 18.9 Å². The zero-order chi connectivity index (χ0) is 25.4. The Morgan fingerprint density at radius 2 is 1.78 bits per heavy atom. The second-order valence-corrected chi connectivity index (χ2v) is 11.2. The summed E-state index contributed by atoms with van der Waals surface area (Å²) >= 11 is 0. The minimum Gasteiger partial charge on any atom is -0.464 e. The van der Waals surface area contributed by atoms with Crippen LogP contribution in [0.15, 0.2) is 60.4 Å². The van der Waals surface area contributed by atoms with Crippen molar-refractivity contribution in [3.05, 3.63) is 77.1 Å². The van der Waals surface area contributed by atoms with Gasteiger partial charge in [-0.3, -0.25) is 14.5 Å². The molecule has 4 heterocycles. The lowest BCUT2D eigenvalue weighted by atomic mass is 9.66. The monoisotopic (exact) mass is 500 g/mol. The molecule has 2 aromatic carbocycles. The number of carbonyl (C=O) groups is 2. The average Bonchev–Trinajstić information content (AvgIpc) is 3.59. The summed E-state index contributed by atoms with van der Waals surface area (Å²) in [5.74, 6) is -0.690. The van der Waals surface area contributed by atoms with Gasteiger partial charge in [-0.05, 0) is 44.5 Å². The number of nitrogens with zero attached hydrogens (tertiary/aromatic N) is 1. The Kier molecular flexibility index (Phi) is 5.16. The summed E-state index contributed by atoms with van der Waals surface area (Å²) in [4.78, 5) is 30.2. The molecule has 37 heavy (non-hydrogen) atoms. The number of likely N-dealkylation sites (N-methyl/N-ethyl adjacent to an activating group) is 1. The number of anilines is 1. The Labute approximate surface area is 216 Å². The van der Waals surface area contributed by atoms with Gasteiger partial charge in [0.1, 0.15) is 17.3 Å². The fourth-order valence-corrected chi connectivity index (χ4v) is 7.28. The summed E-state index contributed by atoms with van der Waals surface area (Å²) in [5.41, 5.74) is 2.17. The number of rotatable bonds is 3. The van der Waals surface area contributed by atoms with E-state index in [-0.39, 0.29) is 17.8 Å². The number of hydrogen-bond acceptors (Lipinski definition) is 6. The number of ketones is 1. The molecule has 0 aromatic heterocycles. The van der Waals surface area contributed by atoms with E-state index in [1.807, 2.05) is 68.6 Å². The van der Waals surface area contributed by atoms with Gasteiger partial charge in [-0.2, -0.15) is 0 Å². The first-order valence-electron chi connectivity index (χ1n) is 13.4. The molecule has 2 aromatic rings. The Morgan fingerprint density at radius 3 is 2.54 bits per heavy atom. The first-order chi connectivity index (χ1) is 17.9. The van der Waals surface area contributed by atoms with Crippen molar-refractivity contribution in [2.24, 2.45) is 5.92 Å². The maximum atomic E-state index is 14.1. The van der Waals surface area contributed by atoms with Crippen molar-refractivity contribution in [3.63, 3.8) is 0 Å². The number of fused-ring (bicyclic) bond motifs is 3. The number of amides is 1. The molecule has 192 valence electrons. The van der Waals surface area contributed by atoms with Crippen LogP contribution in [0.5, 0.6) is 0 Å². The van der Waals surface area contributed by atoms with Crippen LogP contribution >= 0.6 is 0 Å². The lowest BCUT2D eigenvalue weighted by Crippen LogP contribution is -2.52. The van der Waals surface area contributed by atoms with Crippen LogP contribution in [0.1, 0.15) is 53.6 Å². The van der Waals surface area contributed by atoms with Crippen molar-refractivity contribution in [1.82, 2.24) is 4.90 Å². The van der Waals surface area contributed by atoms with E-state index in [0.29, 0.717) is 17.9 Å². The van der Waals surface area contributed by atoms with Crippen molar-refractivity contribution < 1.29 is 23.8 Å². The van der Waals surface area contributed by atoms with Crippen molar-refractivity contribution in [1.29, 1.82) is 0 Å². The number of hydrogen-bond donors (Lipinski definition) is 1. The van der Waals surface area contributed by atoms with Crippen molar-refractivity contribution in [3.8, 4) is 0 Å². The molecule has 1 amide bonds. The molecule has 7 nitrogen and oxygen atoms in total. The van der Waals surface area contributed by atoms with Crippen molar-refractivity contribution in [2.45, 2.75) is 68.7 Å². The lowest BCUT2D eigenvalue weighted by Gasteiger charge is -2.36. The molecule has 5 unspecified atom stereocenters. The van der Waals surface area contributed by atoms with Gasteiger partial charge in [-0.25, -0.2) is 0 Å². The van der Waals surface area contributed by atoms with Crippen LogP contribution < -0.4 is 5.32 Å². The summed E-state index contributed by atoms with van der Waals surface area (Å²) in [6.07, 6.45) is 6.28. The third-order valence-electron chi connectivity index (χ3n) is 8.96. The maximum absolute atomic E-state index is 14.1. The first-order valence-corrected chi connectivity index (χ1v) is 13.4. The van der Waals surface area contributed by atoms with Crippen LogP contribution in [0, 0.1) is 12.8 Å². The molecule has 1 aliphatic carbocycles. The number of Topliss-reactive ketones (excluding diaryl/α,β-unsaturated/α-hetero) is 1. The zero-order valence-electron chi connectivity index (χ0n) is 21.2. The topological polar surface area (TPSA) is 77.1 Å². The summed E-state index contributed by atoms with van der Waals surface area (Å²) in [7, 11) is 1.96. The number of ether oxygens (including phenoxy) is 3. The smallest absolute Gasteiger partial charge is 0.238 e. The van der Waals surface area contributed by atoms with Crippen LogP contribution in [0.4, 0.5) is 5.69 Å². The molecule has 7 rings (SSSR count). The van der Waals surface area contributed by atoms with Gasteiger partial charge in [0, 0.05) is 30.6 Å². The van der Waals surface area contributed by atoms with E-state index in [0.717, 1.165) is 42.5 Å². The van der Waals surface area contributed by atoms with Gasteiger partial charge in [0.15, 0.2) is 11.6 Å². The first kappa shape index (κ1) is 23.1. The van der Waals surface area contributed by atoms with E-state index in [4.69, 9.17) is 14.2 Å². The lowest BCUT2D eigenvalue weighted by molar-refractivity contribution is -0.220.